The lowest BCUT2D eigenvalue weighted by atomic mass is 10.1. The van der Waals surface area contributed by atoms with Crippen LogP contribution in [0.3, 0.4) is 0 Å². The molecule has 3 rings (SSSR count). The standard InChI is InChI=1S/C13H10N4O2/c18-13(15-7-16-19)11-5-9-8-3-1-2-4-10(8)17-12(9)6-14-11/h1-7,17,19H,(H,15,16,18). The Hall–Kier alpha value is -2.73. The zero-order valence-corrected chi connectivity index (χ0v) is 9.79. The minimum Gasteiger partial charge on any atom is -0.353 e. The summed E-state index contributed by atoms with van der Waals surface area (Å²) in [6.45, 7) is 0. The molecule has 6 heteroatoms. The number of aliphatic imine (C=N–C) groups is 1. The predicted molar refractivity (Wildman–Crippen MR) is 71.3 cm³/mol. The third-order valence-corrected chi connectivity index (χ3v) is 2.85. The number of carbonyl (C=O) groups excluding carboxylic acids is 1. The zero-order chi connectivity index (χ0) is 13.2. The van der Waals surface area contributed by atoms with Crippen LogP contribution in [0.5, 0.6) is 0 Å². The molecule has 0 saturated carbocycles. The highest BCUT2D eigenvalue weighted by Crippen LogP contribution is 2.25. The second kappa shape index (κ2) is 4.51. The number of fused-ring (bicyclic) bond motifs is 3. The SMILES string of the molecule is O=C(/N=C/NO)c1cc2c(cn1)[nH]c1ccccc12. The molecule has 6 nitrogen and oxygen atoms in total. The van der Waals surface area contributed by atoms with Crippen molar-refractivity contribution in [3.63, 3.8) is 0 Å². The minimum atomic E-state index is -0.520. The summed E-state index contributed by atoms with van der Waals surface area (Å²) in [5.74, 6) is -0.520. The summed E-state index contributed by atoms with van der Waals surface area (Å²) < 4.78 is 0. The van der Waals surface area contributed by atoms with E-state index in [4.69, 9.17) is 5.21 Å². The number of nitrogens with one attached hydrogen (secondary N) is 2. The Morgan fingerprint density at radius 2 is 2.16 bits per heavy atom. The van der Waals surface area contributed by atoms with Gasteiger partial charge in [0.05, 0.1) is 11.7 Å². The molecule has 0 unspecified atom stereocenters. The number of para-hydroxylation sites is 1. The molecule has 94 valence electrons. The molecule has 3 aromatic rings. The molecule has 19 heavy (non-hydrogen) atoms. The van der Waals surface area contributed by atoms with Crippen molar-refractivity contribution in [2.45, 2.75) is 0 Å². The number of aromatic amines is 1. The zero-order valence-electron chi connectivity index (χ0n) is 9.79. The topological polar surface area (TPSA) is 90.4 Å². The molecular formula is C13H10N4O2. The van der Waals surface area contributed by atoms with Crippen LogP contribution in [0.15, 0.2) is 41.5 Å². The fourth-order valence-corrected chi connectivity index (χ4v) is 2.02. The molecule has 3 N–H and O–H groups in total. The van der Waals surface area contributed by atoms with Crippen molar-refractivity contribution in [2.24, 2.45) is 4.99 Å². The van der Waals surface area contributed by atoms with Gasteiger partial charge in [0.1, 0.15) is 12.0 Å². The molecule has 0 fully saturated rings. The van der Waals surface area contributed by atoms with Gasteiger partial charge in [0.2, 0.25) is 0 Å². The van der Waals surface area contributed by atoms with E-state index in [-0.39, 0.29) is 5.69 Å². The highest BCUT2D eigenvalue weighted by Gasteiger charge is 2.09. The van der Waals surface area contributed by atoms with Gasteiger partial charge in [-0.05, 0) is 12.1 Å². The summed E-state index contributed by atoms with van der Waals surface area (Å²) in [6.07, 6.45) is 2.51. The van der Waals surface area contributed by atoms with Crippen molar-refractivity contribution >= 4 is 34.1 Å². The van der Waals surface area contributed by atoms with Gasteiger partial charge in [-0.25, -0.2) is 4.98 Å². The Bertz CT molecular complexity index is 792. The maximum absolute atomic E-state index is 11.7. The molecule has 1 aromatic carbocycles. The summed E-state index contributed by atoms with van der Waals surface area (Å²) in [5.41, 5.74) is 3.76. The number of hydrogen-bond donors (Lipinski definition) is 3. The third-order valence-electron chi connectivity index (χ3n) is 2.85. The number of aromatic nitrogens is 2. The van der Waals surface area contributed by atoms with Gasteiger partial charge in [-0.15, -0.1) is 0 Å². The monoisotopic (exact) mass is 254 g/mol. The smallest absolute Gasteiger partial charge is 0.297 e. The lowest BCUT2D eigenvalue weighted by Gasteiger charge is -1.95. The number of hydrogen-bond acceptors (Lipinski definition) is 3. The first-order valence-corrected chi connectivity index (χ1v) is 5.62. The van der Waals surface area contributed by atoms with Gasteiger partial charge in [0.15, 0.2) is 0 Å². The van der Waals surface area contributed by atoms with Crippen molar-refractivity contribution in [1.29, 1.82) is 0 Å². The normalized spacial score (nSPS) is 11.4. The maximum Gasteiger partial charge on any atom is 0.297 e. The van der Waals surface area contributed by atoms with E-state index in [1.807, 2.05) is 24.3 Å². The fourth-order valence-electron chi connectivity index (χ4n) is 2.02. The number of amides is 1. The van der Waals surface area contributed by atoms with Crippen molar-refractivity contribution in [3.8, 4) is 0 Å². The van der Waals surface area contributed by atoms with Crippen LogP contribution < -0.4 is 5.48 Å². The first-order valence-electron chi connectivity index (χ1n) is 5.62. The number of benzene rings is 1. The molecule has 0 atom stereocenters. The number of hydroxylamine groups is 1. The van der Waals surface area contributed by atoms with Crippen LogP contribution in [0, 0.1) is 0 Å². The molecular weight excluding hydrogens is 244 g/mol. The van der Waals surface area contributed by atoms with Crippen molar-refractivity contribution in [3.05, 3.63) is 42.2 Å². The molecule has 0 aliphatic rings. The van der Waals surface area contributed by atoms with Crippen LogP contribution in [0.4, 0.5) is 0 Å². The van der Waals surface area contributed by atoms with E-state index in [1.54, 1.807) is 17.7 Å². The second-order valence-electron chi connectivity index (χ2n) is 3.98. The summed E-state index contributed by atoms with van der Waals surface area (Å²) in [7, 11) is 0. The average Bonchev–Trinajstić information content (AvgIpc) is 2.82. The number of nitrogens with zero attached hydrogens (tertiary/aromatic N) is 2. The number of H-pyrrole nitrogens is 1. The van der Waals surface area contributed by atoms with Crippen LogP contribution >= 0.6 is 0 Å². The number of rotatable bonds is 2. The summed E-state index contributed by atoms with van der Waals surface area (Å²) >= 11 is 0. The Kier molecular flexibility index (Phi) is 2.70. The highest BCUT2D eigenvalue weighted by atomic mass is 16.5. The molecule has 2 aromatic heterocycles. The Morgan fingerprint density at radius 3 is 3.00 bits per heavy atom. The molecule has 0 bridgehead atoms. The second-order valence-corrected chi connectivity index (χ2v) is 3.98. The van der Waals surface area contributed by atoms with Gasteiger partial charge in [0.25, 0.3) is 5.91 Å². The van der Waals surface area contributed by atoms with Gasteiger partial charge in [-0.1, -0.05) is 18.2 Å². The largest absolute Gasteiger partial charge is 0.353 e. The fraction of sp³-hybridized carbons (Fsp3) is 0. The van der Waals surface area contributed by atoms with Crippen LogP contribution in [0.1, 0.15) is 10.5 Å². The Labute approximate surface area is 107 Å². The lowest BCUT2D eigenvalue weighted by Crippen LogP contribution is -2.06. The van der Waals surface area contributed by atoms with Gasteiger partial charge >= 0.3 is 0 Å². The predicted octanol–water partition coefficient (Wildman–Crippen LogP) is 1.86. The number of carbonyl (C=O) groups is 1. The van der Waals surface area contributed by atoms with Gasteiger partial charge in [-0.2, -0.15) is 4.99 Å². The third kappa shape index (κ3) is 1.94. The van der Waals surface area contributed by atoms with E-state index < -0.39 is 5.91 Å². The lowest BCUT2D eigenvalue weighted by molar-refractivity contribution is 0.0996. The van der Waals surface area contributed by atoms with E-state index in [0.717, 1.165) is 28.1 Å². The van der Waals surface area contributed by atoms with E-state index in [2.05, 4.69) is 15.0 Å². The molecule has 0 radical (unpaired) electrons. The van der Waals surface area contributed by atoms with E-state index in [1.165, 1.54) is 0 Å². The van der Waals surface area contributed by atoms with Crippen molar-refractivity contribution in [1.82, 2.24) is 15.4 Å². The van der Waals surface area contributed by atoms with Crippen LogP contribution in [-0.2, 0) is 0 Å². The summed E-state index contributed by atoms with van der Waals surface area (Å²) in [5, 5.41) is 10.3. The van der Waals surface area contributed by atoms with Crippen molar-refractivity contribution < 1.29 is 10.0 Å². The average molecular weight is 254 g/mol. The van der Waals surface area contributed by atoms with Crippen LogP contribution in [0.2, 0.25) is 0 Å². The van der Waals surface area contributed by atoms with Gasteiger partial charge in [0, 0.05) is 16.3 Å². The molecule has 0 aliphatic heterocycles. The van der Waals surface area contributed by atoms with E-state index in [0.29, 0.717) is 0 Å². The van der Waals surface area contributed by atoms with Gasteiger partial charge < -0.3 is 4.98 Å². The van der Waals surface area contributed by atoms with Crippen molar-refractivity contribution in [2.75, 3.05) is 0 Å². The summed E-state index contributed by atoms with van der Waals surface area (Å²) in [6, 6.07) is 9.50. The Balaban J connectivity index is 2.16. The number of pyridine rings is 1. The molecule has 2 heterocycles. The minimum absolute atomic E-state index is 0.226. The summed E-state index contributed by atoms with van der Waals surface area (Å²) in [4.78, 5) is 22.4. The molecule has 1 amide bonds. The van der Waals surface area contributed by atoms with Crippen LogP contribution in [0.25, 0.3) is 21.8 Å². The van der Waals surface area contributed by atoms with Crippen LogP contribution in [-0.4, -0.2) is 27.4 Å². The Morgan fingerprint density at radius 1 is 1.32 bits per heavy atom. The van der Waals surface area contributed by atoms with Gasteiger partial charge in [-0.3, -0.25) is 15.5 Å². The molecule has 0 spiro atoms. The quantitative estimate of drug-likeness (QED) is 0.370. The highest BCUT2D eigenvalue weighted by molar-refractivity contribution is 6.09. The first-order chi connectivity index (χ1) is 9.29. The molecule has 0 aliphatic carbocycles. The maximum atomic E-state index is 11.7. The van der Waals surface area contributed by atoms with E-state index in [9.17, 15) is 4.79 Å². The van der Waals surface area contributed by atoms with E-state index >= 15 is 0 Å². The molecule has 0 saturated heterocycles. The first kappa shape index (κ1) is 11.4.